The Balaban J connectivity index is 2.47. The Morgan fingerprint density at radius 3 is 2.70 bits per heavy atom. The van der Waals surface area contributed by atoms with Gasteiger partial charge in [0.2, 0.25) is 0 Å². The fraction of sp³-hybridized carbons (Fsp3) is 0.125. The fourth-order valence-electron chi connectivity index (χ4n) is 1.98. The zero-order chi connectivity index (χ0) is 17.1. The summed E-state index contributed by atoms with van der Waals surface area (Å²) in [7, 11) is 0. The van der Waals surface area contributed by atoms with Crippen molar-refractivity contribution in [3.8, 4) is 6.07 Å². The molecule has 0 radical (unpaired) electrons. The molecule has 6 nitrogen and oxygen atoms in total. The number of halogens is 1. The Labute approximate surface area is 136 Å². The van der Waals surface area contributed by atoms with Crippen molar-refractivity contribution < 1.29 is 9.90 Å². The van der Waals surface area contributed by atoms with Gasteiger partial charge in [0, 0.05) is 5.02 Å². The number of carboxylic acid groups (broad SMARTS) is 1. The first kappa shape index (κ1) is 16.5. The Hall–Kier alpha value is -2.91. The summed E-state index contributed by atoms with van der Waals surface area (Å²) >= 11 is 6.07. The number of carboxylic acids is 1. The van der Waals surface area contributed by atoms with Gasteiger partial charge in [-0.3, -0.25) is 4.79 Å². The van der Waals surface area contributed by atoms with Crippen LogP contribution in [0.15, 0.2) is 23.0 Å². The van der Waals surface area contributed by atoms with E-state index in [1.165, 1.54) is 12.1 Å². The first-order valence-electron chi connectivity index (χ1n) is 6.56. The van der Waals surface area contributed by atoms with Crippen LogP contribution in [0.1, 0.15) is 39.9 Å². The van der Waals surface area contributed by atoms with Crippen molar-refractivity contribution in [3.63, 3.8) is 0 Å². The Morgan fingerprint density at radius 1 is 1.48 bits per heavy atom. The van der Waals surface area contributed by atoms with Gasteiger partial charge in [-0.15, -0.1) is 0 Å². The SMILES string of the molecule is C/C(=C/c1ccc(C(=O)O)cc1Cl)c1nc(C)c(C#N)c(=O)[nH]1. The average Bonchev–Trinajstić information content (AvgIpc) is 2.48. The van der Waals surface area contributed by atoms with Crippen LogP contribution in [0, 0.1) is 18.3 Å². The molecule has 1 aromatic carbocycles. The van der Waals surface area contributed by atoms with Crippen molar-refractivity contribution in [3.05, 3.63) is 61.8 Å². The third-order valence-corrected chi connectivity index (χ3v) is 3.53. The minimum absolute atomic E-state index is 0.0228. The summed E-state index contributed by atoms with van der Waals surface area (Å²) in [6, 6.07) is 6.16. The normalized spacial score (nSPS) is 11.1. The van der Waals surface area contributed by atoms with E-state index in [2.05, 4.69) is 9.97 Å². The number of benzene rings is 1. The summed E-state index contributed by atoms with van der Waals surface area (Å²) in [6.45, 7) is 3.31. The van der Waals surface area contributed by atoms with Crippen molar-refractivity contribution in [2.45, 2.75) is 13.8 Å². The second-order valence-corrected chi connectivity index (χ2v) is 5.26. The van der Waals surface area contributed by atoms with Crippen LogP contribution in [0.25, 0.3) is 11.6 Å². The third kappa shape index (κ3) is 3.47. The average molecular weight is 330 g/mol. The molecule has 0 amide bonds. The van der Waals surface area contributed by atoms with Gasteiger partial charge in [0.05, 0.1) is 11.3 Å². The molecule has 1 heterocycles. The Bertz CT molecular complexity index is 923. The first-order chi connectivity index (χ1) is 10.8. The predicted molar refractivity (Wildman–Crippen MR) is 86.3 cm³/mol. The molecule has 0 unspecified atom stereocenters. The van der Waals surface area contributed by atoms with Crippen molar-refractivity contribution in [1.82, 2.24) is 9.97 Å². The summed E-state index contributed by atoms with van der Waals surface area (Å²) in [5, 5.41) is 18.1. The lowest BCUT2D eigenvalue weighted by Gasteiger charge is -2.05. The molecule has 0 aliphatic carbocycles. The zero-order valence-electron chi connectivity index (χ0n) is 12.3. The number of hydrogen-bond donors (Lipinski definition) is 2. The number of aromatic carboxylic acids is 1. The minimum Gasteiger partial charge on any atom is -0.478 e. The molecule has 2 rings (SSSR count). The van der Waals surface area contributed by atoms with E-state index in [-0.39, 0.29) is 16.1 Å². The van der Waals surface area contributed by atoms with Gasteiger partial charge in [0.1, 0.15) is 17.5 Å². The Morgan fingerprint density at radius 2 is 2.17 bits per heavy atom. The van der Waals surface area contributed by atoms with Crippen molar-refractivity contribution in [2.24, 2.45) is 0 Å². The molecular formula is C16H12ClN3O3. The van der Waals surface area contributed by atoms with Gasteiger partial charge in [0.25, 0.3) is 5.56 Å². The van der Waals surface area contributed by atoms with Crippen LogP contribution in [0.5, 0.6) is 0 Å². The lowest BCUT2D eigenvalue weighted by atomic mass is 10.1. The molecular weight excluding hydrogens is 318 g/mol. The molecule has 0 saturated heterocycles. The molecule has 2 aromatic rings. The van der Waals surface area contributed by atoms with E-state index in [9.17, 15) is 9.59 Å². The number of H-pyrrole nitrogens is 1. The second-order valence-electron chi connectivity index (χ2n) is 4.86. The number of nitrogens with zero attached hydrogens (tertiary/aromatic N) is 2. The van der Waals surface area contributed by atoms with Crippen molar-refractivity contribution in [2.75, 3.05) is 0 Å². The Kier molecular flexibility index (Phi) is 4.63. The molecule has 0 saturated carbocycles. The smallest absolute Gasteiger partial charge is 0.335 e. The van der Waals surface area contributed by atoms with Crippen LogP contribution < -0.4 is 5.56 Å². The van der Waals surface area contributed by atoms with E-state index in [1.807, 2.05) is 0 Å². The van der Waals surface area contributed by atoms with Crippen LogP contribution in [0.4, 0.5) is 0 Å². The van der Waals surface area contributed by atoms with E-state index in [4.69, 9.17) is 22.0 Å². The number of nitriles is 1. The lowest BCUT2D eigenvalue weighted by molar-refractivity contribution is 0.0697. The van der Waals surface area contributed by atoms with E-state index < -0.39 is 11.5 Å². The number of aromatic amines is 1. The summed E-state index contributed by atoms with van der Waals surface area (Å²) in [5.74, 6) is -0.738. The van der Waals surface area contributed by atoms with E-state index in [0.717, 1.165) is 0 Å². The van der Waals surface area contributed by atoms with Gasteiger partial charge in [-0.05, 0) is 43.2 Å². The van der Waals surface area contributed by atoms with Crippen LogP contribution in [-0.2, 0) is 0 Å². The lowest BCUT2D eigenvalue weighted by Crippen LogP contribution is -2.16. The van der Waals surface area contributed by atoms with Gasteiger partial charge in [-0.25, -0.2) is 9.78 Å². The monoisotopic (exact) mass is 329 g/mol. The number of aromatic nitrogens is 2. The molecule has 23 heavy (non-hydrogen) atoms. The maximum absolute atomic E-state index is 11.8. The summed E-state index contributed by atoms with van der Waals surface area (Å²) < 4.78 is 0. The fourth-order valence-corrected chi connectivity index (χ4v) is 2.22. The third-order valence-electron chi connectivity index (χ3n) is 3.21. The summed E-state index contributed by atoms with van der Waals surface area (Å²) in [6.07, 6.45) is 1.68. The second kappa shape index (κ2) is 6.46. The molecule has 116 valence electrons. The molecule has 0 aliphatic heterocycles. The first-order valence-corrected chi connectivity index (χ1v) is 6.94. The number of nitrogens with one attached hydrogen (secondary N) is 1. The van der Waals surface area contributed by atoms with E-state index in [1.54, 1.807) is 32.1 Å². The highest BCUT2D eigenvalue weighted by atomic mass is 35.5. The largest absolute Gasteiger partial charge is 0.478 e. The molecule has 7 heteroatoms. The number of hydrogen-bond acceptors (Lipinski definition) is 4. The van der Waals surface area contributed by atoms with Crippen LogP contribution in [0.3, 0.4) is 0 Å². The van der Waals surface area contributed by atoms with Gasteiger partial charge in [0.15, 0.2) is 0 Å². The van der Waals surface area contributed by atoms with Gasteiger partial charge < -0.3 is 10.1 Å². The summed E-state index contributed by atoms with van der Waals surface area (Å²) in [4.78, 5) is 29.4. The van der Waals surface area contributed by atoms with Crippen molar-refractivity contribution >= 4 is 29.2 Å². The highest BCUT2D eigenvalue weighted by Crippen LogP contribution is 2.23. The van der Waals surface area contributed by atoms with Crippen LogP contribution in [0.2, 0.25) is 5.02 Å². The summed E-state index contributed by atoms with van der Waals surface area (Å²) in [5.41, 5.74) is 1.12. The number of rotatable bonds is 3. The molecule has 0 atom stereocenters. The predicted octanol–water partition coefficient (Wildman–Crippen LogP) is 2.86. The highest BCUT2D eigenvalue weighted by molar-refractivity contribution is 6.32. The molecule has 0 spiro atoms. The number of carbonyl (C=O) groups is 1. The molecule has 2 N–H and O–H groups in total. The van der Waals surface area contributed by atoms with Gasteiger partial charge >= 0.3 is 5.97 Å². The molecule has 1 aromatic heterocycles. The topological polar surface area (TPSA) is 107 Å². The number of allylic oxidation sites excluding steroid dienone is 1. The van der Waals surface area contributed by atoms with Gasteiger partial charge in [-0.2, -0.15) is 5.26 Å². The van der Waals surface area contributed by atoms with E-state index in [0.29, 0.717) is 22.7 Å². The van der Waals surface area contributed by atoms with Crippen LogP contribution in [-0.4, -0.2) is 21.0 Å². The maximum atomic E-state index is 11.8. The highest BCUT2D eigenvalue weighted by Gasteiger charge is 2.10. The number of aryl methyl sites for hydroxylation is 1. The molecule has 0 aliphatic rings. The zero-order valence-corrected chi connectivity index (χ0v) is 13.1. The maximum Gasteiger partial charge on any atom is 0.335 e. The quantitative estimate of drug-likeness (QED) is 0.900. The molecule has 0 bridgehead atoms. The van der Waals surface area contributed by atoms with Crippen LogP contribution >= 0.6 is 11.6 Å². The standard InChI is InChI=1S/C16H12ClN3O3/c1-8(14-19-9(2)12(7-18)15(21)20-14)5-10-3-4-11(16(22)23)6-13(10)17/h3-6H,1-2H3,(H,22,23)(H,19,20,21)/b8-5-. The minimum atomic E-state index is -1.06. The molecule has 0 fully saturated rings. The van der Waals surface area contributed by atoms with E-state index >= 15 is 0 Å². The van der Waals surface area contributed by atoms with Crippen molar-refractivity contribution in [1.29, 1.82) is 5.26 Å². The van der Waals surface area contributed by atoms with Gasteiger partial charge in [-0.1, -0.05) is 17.7 Å².